The molecule has 0 unspecified atom stereocenters. The van der Waals surface area contributed by atoms with Crippen molar-refractivity contribution in [2.24, 2.45) is 0 Å². The van der Waals surface area contributed by atoms with Gasteiger partial charge in [-0.15, -0.1) is 0 Å². The monoisotopic (exact) mass is 291 g/mol. The van der Waals surface area contributed by atoms with Crippen LogP contribution < -0.4 is 5.73 Å². The largest absolute Gasteiger partial charge is 0.398 e. The van der Waals surface area contributed by atoms with Gasteiger partial charge in [0.15, 0.2) is 9.84 Å². The summed E-state index contributed by atoms with van der Waals surface area (Å²) in [6.45, 7) is 3.64. The van der Waals surface area contributed by atoms with Crippen molar-refractivity contribution in [3.8, 4) is 0 Å². The van der Waals surface area contributed by atoms with Gasteiger partial charge in [-0.25, -0.2) is 8.42 Å². The highest BCUT2D eigenvalue weighted by atomic mass is 79.9. The summed E-state index contributed by atoms with van der Waals surface area (Å²) in [5.41, 5.74) is 7.06. The van der Waals surface area contributed by atoms with E-state index >= 15 is 0 Å². The summed E-state index contributed by atoms with van der Waals surface area (Å²) in [5, 5.41) is 0. The molecular weight excluding hydrogens is 278 g/mol. The molecule has 0 atom stereocenters. The van der Waals surface area contributed by atoms with Crippen molar-refractivity contribution >= 4 is 31.5 Å². The zero-order chi connectivity index (χ0) is 11.6. The highest BCUT2D eigenvalue weighted by Crippen LogP contribution is 2.28. The van der Waals surface area contributed by atoms with Crippen LogP contribution in [-0.2, 0) is 9.84 Å². The van der Waals surface area contributed by atoms with Crippen LogP contribution >= 0.6 is 15.9 Å². The van der Waals surface area contributed by atoms with Crippen LogP contribution in [0, 0.1) is 6.92 Å². The molecule has 84 valence electrons. The number of hydrogen-bond acceptors (Lipinski definition) is 3. The number of rotatable bonds is 3. The van der Waals surface area contributed by atoms with Crippen molar-refractivity contribution in [1.29, 1.82) is 0 Å². The Balaban J connectivity index is 3.33. The molecule has 1 rings (SSSR count). The summed E-state index contributed by atoms with van der Waals surface area (Å²) >= 11 is 3.23. The molecule has 0 radical (unpaired) electrons. The van der Waals surface area contributed by atoms with E-state index in [0.717, 1.165) is 5.56 Å². The number of halogens is 1. The second kappa shape index (κ2) is 4.53. The lowest BCUT2D eigenvalue weighted by Gasteiger charge is -2.08. The predicted molar refractivity (Wildman–Crippen MR) is 65.6 cm³/mol. The molecule has 0 saturated carbocycles. The molecule has 0 saturated heterocycles. The molecule has 1 aromatic rings. The Labute approximate surface area is 98.7 Å². The fourth-order valence-electron chi connectivity index (χ4n) is 1.29. The minimum absolute atomic E-state index is 0.162. The predicted octanol–water partition coefficient (Wildman–Crippen LogP) is 2.52. The van der Waals surface area contributed by atoms with E-state index in [1.54, 1.807) is 19.1 Å². The molecule has 0 aromatic heterocycles. The topological polar surface area (TPSA) is 60.2 Å². The van der Waals surface area contributed by atoms with Crippen LogP contribution in [0.5, 0.6) is 0 Å². The Morgan fingerprint density at radius 2 is 2.00 bits per heavy atom. The molecule has 0 amide bonds. The Kier molecular flexibility index (Phi) is 3.78. The highest BCUT2D eigenvalue weighted by molar-refractivity contribution is 9.10. The first-order chi connectivity index (χ1) is 6.88. The molecule has 1 aromatic carbocycles. The van der Waals surface area contributed by atoms with Gasteiger partial charge in [0.05, 0.1) is 10.6 Å². The van der Waals surface area contributed by atoms with Crippen molar-refractivity contribution in [2.45, 2.75) is 25.2 Å². The van der Waals surface area contributed by atoms with Gasteiger partial charge in [-0.05, 0) is 47.0 Å². The fraction of sp³-hybridized carbons (Fsp3) is 0.400. The second-order valence-electron chi connectivity index (χ2n) is 3.46. The van der Waals surface area contributed by atoms with Gasteiger partial charge in [0, 0.05) is 10.2 Å². The molecule has 0 fully saturated rings. The van der Waals surface area contributed by atoms with Gasteiger partial charge in [0.1, 0.15) is 0 Å². The molecule has 0 bridgehead atoms. The Hall–Kier alpha value is -0.550. The minimum Gasteiger partial charge on any atom is -0.398 e. The first-order valence-corrected chi connectivity index (χ1v) is 7.11. The number of anilines is 1. The molecular formula is C10H14BrNO2S. The third-order valence-corrected chi connectivity index (χ3v) is 5.00. The van der Waals surface area contributed by atoms with Crippen molar-refractivity contribution in [1.82, 2.24) is 0 Å². The summed E-state index contributed by atoms with van der Waals surface area (Å²) in [4.78, 5) is 0.330. The zero-order valence-corrected chi connectivity index (χ0v) is 11.2. The van der Waals surface area contributed by atoms with E-state index < -0.39 is 9.84 Å². The van der Waals surface area contributed by atoms with Crippen molar-refractivity contribution in [3.05, 3.63) is 22.2 Å². The van der Waals surface area contributed by atoms with E-state index in [0.29, 0.717) is 21.5 Å². The average molecular weight is 292 g/mol. The lowest BCUT2D eigenvalue weighted by molar-refractivity contribution is 0.594. The van der Waals surface area contributed by atoms with Crippen LogP contribution in [0.25, 0.3) is 0 Å². The number of benzene rings is 1. The SMILES string of the molecule is CCCS(=O)(=O)c1cc(C)c(N)cc1Br. The number of nitrogens with two attached hydrogens (primary N) is 1. The summed E-state index contributed by atoms with van der Waals surface area (Å²) in [5.74, 6) is 0.162. The zero-order valence-electron chi connectivity index (χ0n) is 8.75. The summed E-state index contributed by atoms with van der Waals surface area (Å²) in [6.07, 6.45) is 0.609. The van der Waals surface area contributed by atoms with Gasteiger partial charge in [-0.3, -0.25) is 0 Å². The van der Waals surface area contributed by atoms with Crippen molar-refractivity contribution < 1.29 is 8.42 Å². The molecule has 15 heavy (non-hydrogen) atoms. The number of hydrogen-bond donors (Lipinski definition) is 1. The number of sulfone groups is 1. The van der Waals surface area contributed by atoms with E-state index in [2.05, 4.69) is 15.9 Å². The van der Waals surface area contributed by atoms with Crippen molar-refractivity contribution in [3.63, 3.8) is 0 Å². The fourth-order valence-corrected chi connectivity index (χ4v) is 3.86. The van der Waals surface area contributed by atoms with Gasteiger partial charge in [-0.2, -0.15) is 0 Å². The second-order valence-corrected chi connectivity index (χ2v) is 6.39. The maximum Gasteiger partial charge on any atom is 0.179 e. The van der Waals surface area contributed by atoms with E-state index in [4.69, 9.17) is 5.73 Å². The summed E-state index contributed by atoms with van der Waals surface area (Å²) < 4.78 is 24.2. The molecule has 3 nitrogen and oxygen atoms in total. The molecule has 2 N–H and O–H groups in total. The quantitative estimate of drug-likeness (QED) is 0.871. The molecule has 0 aliphatic rings. The van der Waals surface area contributed by atoms with Crippen LogP contribution in [0.2, 0.25) is 0 Å². The lowest BCUT2D eigenvalue weighted by Crippen LogP contribution is -2.07. The van der Waals surface area contributed by atoms with Gasteiger partial charge in [-0.1, -0.05) is 6.92 Å². The molecule has 0 spiro atoms. The smallest absolute Gasteiger partial charge is 0.179 e. The molecule has 0 heterocycles. The first-order valence-electron chi connectivity index (χ1n) is 4.67. The average Bonchev–Trinajstić information content (AvgIpc) is 2.11. The van der Waals surface area contributed by atoms with E-state index in [-0.39, 0.29) is 5.75 Å². The van der Waals surface area contributed by atoms with Crippen LogP contribution in [0.1, 0.15) is 18.9 Å². The van der Waals surface area contributed by atoms with Crippen molar-refractivity contribution in [2.75, 3.05) is 11.5 Å². The molecule has 0 aliphatic carbocycles. The van der Waals surface area contributed by atoms with E-state index in [1.165, 1.54) is 0 Å². The standard InChI is InChI=1S/C10H14BrNO2S/c1-3-4-15(13,14)10-5-7(2)9(12)6-8(10)11/h5-6H,3-4,12H2,1-2H3. The lowest BCUT2D eigenvalue weighted by atomic mass is 10.2. The third kappa shape index (κ3) is 2.72. The van der Waals surface area contributed by atoms with Crippen LogP contribution in [0.3, 0.4) is 0 Å². The van der Waals surface area contributed by atoms with Crippen LogP contribution in [0.4, 0.5) is 5.69 Å². The number of aryl methyl sites for hydroxylation is 1. The maximum absolute atomic E-state index is 11.8. The Bertz CT molecular complexity index is 469. The van der Waals surface area contributed by atoms with Crippen LogP contribution in [0.15, 0.2) is 21.5 Å². The van der Waals surface area contributed by atoms with Gasteiger partial charge in [0.2, 0.25) is 0 Å². The normalized spacial score (nSPS) is 11.7. The van der Waals surface area contributed by atoms with Gasteiger partial charge >= 0.3 is 0 Å². The van der Waals surface area contributed by atoms with Gasteiger partial charge in [0.25, 0.3) is 0 Å². The maximum atomic E-state index is 11.8. The van der Waals surface area contributed by atoms with E-state index in [1.807, 2.05) is 6.92 Å². The Morgan fingerprint density at radius 1 is 1.40 bits per heavy atom. The number of nitrogen functional groups attached to an aromatic ring is 1. The molecule has 0 aliphatic heterocycles. The first kappa shape index (κ1) is 12.5. The summed E-state index contributed by atoms with van der Waals surface area (Å²) in [7, 11) is -3.18. The van der Waals surface area contributed by atoms with Crippen LogP contribution in [-0.4, -0.2) is 14.2 Å². The Morgan fingerprint density at radius 3 is 2.53 bits per heavy atom. The minimum atomic E-state index is -3.18. The highest BCUT2D eigenvalue weighted by Gasteiger charge is 2.17. The third-order valence-electron chi connectivity index (χ3n) is 2.13. The van der Waals surface area contributed by atoms with Gasteiger partial charge < -0.3 is 5.73 Å². The van der Waals surface area contributed by atoms with E-state index in [9.17, 15) is 8.42 Å². The molecule has 5 heteroatoms. The summed E-state index contributed by atoms with van der Waals surface area (Å²) in [6, 6.07) is 3.25.